The molecule has 1 fully saturated rings. The van der Waals surface area contributed by atoms with Crippen molar-refractivity contribution in [2.45, 2.75) is 85.7 Å². The number of rotatable bonds is 15. The van der Waals surface area contributed by atoms with Gasteiger partial charge in [0.2, 0.25) is 5.90 Å². The fourth-order valence-corrected chi connectivity index (χ4v) is 6.48. The first-order valence-corrected chi connectivity index (χ1v) is 17.5. The number of ether oxygens (including phenoxy) is 6. The second-order valence-electron chi connectivity index (χ2n) is 10.7. The number of halogens is 4. The Balaban J connectivity index is 2.12. The summed E-state index contributed by atoms with van der Waals surface area (Å²) in [7, 11) is 0. The lowest BCUT2D eigenvalue weighted by atomic mass is 9.99. The number of thioether (sulfide) groups is 1. The molecule has 0 saturated carbocycles. The van der Waals surface area contributed by atoms with Gasteiger partial charge in [-0.05, 0) is 30.2 Å². The summed E-state index contributed by atoms with van der Waals surface area (Å²) < 4.78 is 34.1. The molecule has 6 atom stereocenters. The zero-order valence-corrected chi connectivity index (χ0v) is 30.9. The van der Waals surface area contributed by atoms with E-state index in [4.69, 9.17) is 68.6 Å². The Labute approximate surface area is 306 Å². The van der Waals surface area contributed by atoms with Crippen molar-refractivity contribution in [2.75, 3.05) is 6.61 Å². The van der Waals surface area contributed by atoms with Crippen LogP contribution < -0.4 is 0 Å². The zero-order chi connectivity index (χ0) is 35.4. The molecule has 1 unspecified atom stereocenters. The summed E-state index contributed by atoms with van der Waals surface area (Å²) in [4.78, 5) is 49.2. The second kappa shape index (κ2) is 19.1. The average Bonchev–Trinajstić information content (AvgIpc) is 3.01. The summed E-state index contributed by atoms with van der Waals surface area (Å²) in [6, 6.07) is 16.5. The number of hydrogen-bond donors (Lipinski definition) is 1. The van der Waals surface area contributed by atoms with Gasteiger partial charge in [-0.25, -0.2) is 0 Å². The highest BCUT2D eigenvalue weighted by molar-refractivity contribution is 9.10. The summed E-state index contributed by atoms with van der Waals surface area (Å²) in [5.74, 6) is -3.16. The summed E-state index contributed by atoms with van der Waals surface area (Å²) in [5, 5.41) is 7.41. The van der Waals surface area contributed by atoms with Crippen molar-refractivity contribution in [2.24, 2.45) is 0 Å². The van der Waals surface area contributed by atoms with Gasteiger partial charge >= 0.3 is 17.9 Å². The maximum Gasteiger partial charge on any atom is 0.306 e. The summed E-state index contributed by atoms with van der Waals surface area (Å²) in [5.41, 5.74) is 0.264. The number of nitrogens with one attached hydrogen (secondary N) is 1. The van der Waals surface area contributed by atoms with Crippen LogP contribution in [0.5, 0.6) is 0 Å². The van der Waals surface area contributed by atoms with Gasteiger partial charge < -0.3 is 33.2 Å². The lowest BCUT2D eigenvalue weighted by Gasteiger charge is -2.46. The zero-order valence-electron chi connectivity index (χ0n) is 26.2. The maximum absolute atomic E-state index is 13.2. The molecule has 0 bridgehead atoms. The monoisotopic (exact) mass is 809 g/mol. The molecule has 0 aliphatic carbocycles. The van der Waals surface area contributed by atoms with Crippen LogP contribution in [0.3, 0.4) is 0 Å². The Morgan fingerprint density at radius 2 is 1.48 bits per heavy atom. The summed E-state index contributed by atoms with van der Waals surface area (Å²) in [6.45, 7) is 3.58. The summed E-state index contributed by atoms with van der Waals surface area (Å²) >= 11 is 22.2. The Hall–Kier alpha value is -2.39. The van der Waals surface area contributed by atoms with E-state index in [1.54, 1.807) is 0 Å². The molecule has 0 spiro atoms. The first-order valence-electron chi connectivity index (χ1n) is 14.6. The number of hydrogen-bond acceptors (Lipinski definition) is 12. The van der Waals surface area contributed by atoms with Crippen molar-refractivity contribution in [1.82, 2.24) is 0 Å². The van der Waals surface area contributed by atoms with E-state index in [-0.39, 0.29) is 38.4 Å². The maximum atomic E-state index is 13.2. The molecule has 3 rings (SSSR count). The molecule has 0 aromatic heterocycles. The van der Waals surface area contributed by atoms with E-state index in [1.807, 2.05) is 54.6 Å². The van der Waals surface area contributed by atoms with Crippen molar-refractivity contribution in [3.8, 4) is 0 Å². The molecule has 0 radical (unpaired) electrons. The first kappa shape index (κ1) is 40.0. The lowest BCUT2D eigenvalue weighted by Crippen LogP contribution is -2.61. The number of benzene rings is 2. The minimum absolute atomic E-state index is 0.0117. The van der Waals surface area contributed by atoms with E-state index >= 15 is 0 Å². The number of Topliss-reactive ketones (excluding diaryl/α,β-unsaturated/α-hetero) is 1. The Bertz CT molecular complexity index is 1410. The fraction of sp³-hybridized carbons (Fsp3) is 0.469. The smallest absolute Gasteiger partial charge is 0.306 e. The van der Waals surface area contributed by atoms with Gasteiger partial charge in [0.25, 0.3) is 3.79 Å². The molecule has 2 aromatic carbocycles. The molecular formula is C32H35BrCl3NO10S. The molecule has 1 saturated heterocycles. The molecule has 11 nitrogen and oxygen atoms in total. The fourth-order valence-electron chi connectivity index (χ4n) is 4.53. The second-order valence-corrected chi connectivity index (χ2v) is 15.2. The highest BCUT2D eigenvalue weighted by Gasteiger charge is 2.55. The van der Waals surface area contributed by atoms with E-state index in [0.29, 0.717) is 0 Å². The lowest BCUT2D eigenvalue weighted by molar-refractivity contribution is -0.193. The van der Waals surface area contributed by atoms with E-state index in [2.05, 4.69) is 15.9 Å². The third-order valence-corrected chi connectivity index (χ3v) is 9.32. The van der Waals surface area contributed by atoms with Crippen molar-refractivity contribution < 1.29 is 47.6 Å². The van der Waals surface area contributed by atoms with Crippen LogP contribution in [0.25, 0.3) is 0 Å². The van der Waals surface area contributed by atoms with E-state index in [1.165, 1.54) is 13.8 Å². The van der Waals surface area contributed by atoms with Crippen LogP contribution in [0.4, 0.5) is 0 Å². The molecule has 0 amide bonds. The Morgan fingerprint density at radius 1 is 0.833 bits per heavy atom. The first-order chi connectivity index (χ1) is 22.6. The molecular weight excluding hydrogens is 777 g/mol. The van der Waals surface area contributed by atoms with Gasteiger partial charge in [-0.2, -0.15) is 0 Å². The van der Waals surface area contributed by atoms with E-state index < -0.39 is 62.7 Å². The number of carbonyl (C=O) groups is 4. The van der Waals surface area contributed by atoms with Gasteiger partial charge in [-0.15, -0.1) is 11.8 Å². The topological polar surface area (TPSA) is 148 Å². The van der Waals surface area contributed by atoms with Gasteiger partial charge in [0, 0.05) is 24.7 Å². The van der Waals surface area contributed by atoms with Crippen molar-refractivity contribution in [3.05, 3.63) is 70.2 Å². The molecule has 1 aliphatic rings. The van der Waals surface area contributed by atoms with Gasteiger partial charge in [-0.1, -0.05) is 93.2 Å². The van der Waals surface area contributed by atoms with Crippen molar-refractivity contribution in [1.29, 1.82) is 5.41 Å². The standard InChI is InChI=1S/C32H35BrCl3NO10S/c1-18(38)9-14-25(41)46-26-27(44-16-22-10-12-23(33)13-11-22)29(24(17-42-19(2)39)43-15-21-7-5-4-6-8-21)48-30(28(26)45-20(3)40)47-31(37)32(34,35)36/h4-8,10-13,24,26-30,37H,9,14-17H2,1-3H3/t24-,26+,27+,28+,29-,30?/m1/s1. The van der Waals surface area contributed by atoms with Crippen molar-refractivity contribution in [3.63, 3.8) is 0 Å². The average molecular weight is 812 g/mol. The van der Waals surface area contributed by atoms with Crippen LogP contribution in [0.2, 0.25) is 0 Å². The molecule has 16 heteroatoms. The van der Waals surface area contributed by atoms with Gasteiger partial charge in [-0.3, -0.25) is 19.8 Å². The minimum Gasteiger partial charge on any atom is -0.463 e. The van der Waals surface area contributed by atoms with Gasteiger partial charge in [0.15, 0.2) is 17.6 Å². The molecule has 1 heterocycles. The molecule has 2 aromatic rings. The van der Waals surface area contributed by atoms with Crippen LogP contribution in [0.15, 0.2) is 59.1 Å². The van der Waals surface area contributed by atoms with Gasteiger partial charge in [0.1, 0.15) is 24.6 Å². The van der Waals surface area contributed by atoms with Crippen LogP contribution >= 0.6 is 62.5 Å². The van der Waals surface area contributed by atoms with Crippen LogP contribution in [-0.2, 0) is 60.8 Å². The highest BCUT2D eigenvalue weighted by Crippen LogP contribution is 2.43. The van der Waals surface area contributed by atoms with E-state index in [0.717, 1.165) is 34.3 Å². The molecule has 48 heavy (non-hydrogen) atoms. The van der Waals surface area contributed by atoms with Gasteiger partial charge in [0.05, 0.1) is 24.9 Å². The SMILES string of the molecule is CC(=O)CCC(=O)O[C@H]1[C@H](OCc2ccc(Br)cc2)[C@@H]([C@@H](COC(C)=O)OCc2ccccc2)SC(OC(=N)C(Cl)(Cl)Cl)[C@H]1OC(C)=O. The van der Waals surface area contributed by atoms with Crippen LogP contribution in [0.1, 0.15) is 44.7 Å². The predicted molar refractivity (Wildman–Crippen MR) is 184 cm³/mol. The highest BCUT2D eigenvalue weighted by atomic mass is 79.9. The Morgan fingerprint density at radius 3 is 2.06 bits per heavy atom. The van der Waals surface area contributed by atoms with Crippen LogP contribution in [-0.4, -0.2) is 75.1 Å². The Kier molecular flexibility index (Phi) is 16.0. The van der Waals surface area contributed by atoms with E-state index in [9.17, 15) is 19.2 Å². The molecule has 1 N–H and O–H groups in total. The minimum atomic E-state index is -2.29. The van der Waals surface area contributed by atoms with Crippen LogP contribution in [0, 0.1) is 5.41 Å². The summed E-state index contributed by atoms with van der Waals surface area (Å²) in [6.07, 6.45) is -5.17. The quantitative estimate of drug-likeness (QED) is 0.0691. The number of ketones is 1. The number of esters is 3. The number of carbonyl (C=O) groups excluding carboxylic acids is 4. The molecule has 262 valence electrons. The third kappa shape index (κ3) is 13.1. The molecule has 1 aliphatic heterocycles. The third-order valence-electron chi connectivity index (χ3n) is 6.75. The number of alkyl halides is 3. The predicted octanol–water partition coefficient (Wildman–Crippen LogP) is 6.50. The normalized spacial score (nSPS) is 21.4. The largest absolute Gasteiger partial charge is 0.463 e. The van der Waals surface area contributed by atoms with Crippen molar-refractivity contribution >= 4 is 92.1 Å².